The lowest BCUT2D eigenvalue weighted by Crippen LogP contribution is -2.27. The predicted octanol–water partition coefficient (Wildman–Crippen LogP) is 3.17. The van der Waals surface area contributed by atoms with E-state index in [1.54, 1.807) is 18.4 Å². The summed E-state index contributed by atoms with van der Waals surface area (Å²) in [6.07, 6.45) is 3.12. The van der Waals surface area contributed by atoms with Crippen LogP contribution in [-0.2, 0) is 4.79 Å². The minimum atomic E-state index is -0.167. The van der Waals surface area contributed by atoms with Gasteiger partial charge in [-0.05, 0) is 25.1 Å². The van der Waals surface area contributed by atoms with Crippen LogP contribution in [0.2, 0.25) is 5.02 Å². The van der Waals surface area contributed by atoms with E-state index in [2.05, 4.69) is 20.3 Å². The molecule has 0 saturated carbocycles. The zero-order valence-corrected chi connectivity index (χ0v) is 13.2. The van der Waals surface area contributed by atoms with Crippen LogP contribution in [-0.4, -0.2) is 26.6 Å². The first kappa shape index (κ1) is 14.9. The largest absolute Gasteiger partial charge is 0.467 e. The van der Waals surface area contributed by atoms with Crippen LogP contribution in [0.4, 0.5) is 0 Å². The van der Waals surface area contributed by atoms with Gasteiger partial charge in [0.05, 0.1) is 28.6 Å². The average molecular weight is 337 g/mol. The number of carbonyl (C=O) groups excluding carboxylic acids is 1. The summed E-state index contributed by atoms with van der Waals surface area (Å²) in [7, 11) is 0. The number of imidazole rings is 1. The van der Waals surface area contributed by atoms with Crippen LogP contribution < -0.4 is 5.32 Å². The molecule has 6 nitrogen and oxygen atoms in total. The van der Waals surface area contributed by atoms with Gasteiger partial charge in [-0.2, -0.15) is 0 Å². The zero-order valence-electron chi connectivity index (χ0n) is 11.7. The highest BCUT2D eigenvalue weighted by Gasteiger charge is 2.13. The fourth-order valence-corrected chi connectivity index (χ4v) is 2.79. The number of nitrogens with one attached hydrogen (secondary N) is 2. The highest BCUT2D eigenvalue weighted by atomic mass is 35.5. The summed E-state index contributed by atoms with van der Waals surface area (Å²) in [6, 6.07) is 5.20. The Bertz CT molecular complexity index is 787. The lowest BCUT2D eigenvalue weighted by atomic mass is 10.2. The molecule has 0 radical (unpaired) electrons. The van der Waals surface area contributed by atoms with Gasteiger partial charge >= 0.3 is 0 Å². The molecule has 1 amide bonds. The molecular weight excluding hydrogens is 324 g/mol. The highest BCUT2D eigenvalue weighted by molar-refractivity contribution is 7.99. The number of fused-ring (bicyclic) bond motifs is 1. The zero-order chi connectivity index (χ0) is 15.5. The molecule has 0 saturated heterocycles. The van der Waals surface area contributed by atoms with E-state index >= 15 is 0 Å². The van der Waals surface area contributed by atoms with Crippen LogP contribution in [0.3, 0.4) is 0 Å². The maximum Gasteiger partial charge on any atom is 0.231 e. The summed E-state index contributed by atoms with van der Waals surface area (Å²) in [5.41, 5.74) is 1.33. The number of furan rings is 1. The molecule has 114 valence electrons. The second-order valence-corrected chi connectivity index (χ2v) is 6.06. The van der Waals surface area contributed by atoms with Crippen molar-refractivity contribution in [3.05, 3.63) is 41.4 Å². The molecule has 0 aliphatic carbocycles. The Morgan fingerprint density at radius 2 is 2.45 bits per heavy atom. The number of hydrogen-bond donors (Lipinski definition) is 2. The van der Waals surface area contributed by atoms with Gasteiger partial charge in [-0.3, -0.25) is 4.79 Å². The summed E-state index contributed by atoms with van der Waals surface area (Å²) in [5, 5.41) is 4.03. The molecule has 0 fully saturated rings. The minimum absolute atomic E-state index is 0.0969. The third kappa shape index (κ3) is 3.42. The second-order valence-electron chi connectivity index (χ2n) is 4.66. The first-order valence-electron chi connectivity index (χ1n) is 6.58. The van der Waals surface area contributed by atoms with E-state index in [9.17, 15) is 4.79 Å². The molecule has 22 heavy (non-hydrogen) atoms. The van der Waals surface area contributed by atoms with Crippen molar-refractivity contribution in [3.8, 4) is 0 Å². The highest BCUT2D eigenvalue weighted by Crippen LogP contribution is 2.20. The molecular formula is C14H13ClN4O2S. The quantitative estimate of drug-likeness (QED) is 0.699. The fourth-order valence-electron chi connectivity index (χ4n) is 1.95. The van der Waals surface area contributed by atoms with Crippen LogP contribution in [0.25, 0.3) is 11.2 Å². The van der Waals surface area contributed by atoms with Crippen LogP contribution in [0.15, 0.2) is 40.2 Å². The number of halogens is 1. The molecule has 0 spiro atoms. The monoisotopic (exact) mass is 336 g/mol. The van der Waals surface area contributed by atoms with Crippen molar-refractivity contribution >= 4 is 40.4 Å². The smallest absolute Gasteiger partial charge is 0.231 e. The maximum absolute atomic E-state index is 11.9. The summed E-state index contributed by atoms with van der Waals surface area (Å²) >= 11 is 7.18. The molecule has 3 rings (SSSR count). The molecule has 0 aliphatic heterocycles. The van der Waals surface area contributed by atoms with Crippen molar-refractivity contribution in [1.29, 1.82) is 0 Å². The summed E-state index contributed by atoms with van der Waals surface area (Å²) in [6.45, 7) is 1.87. The van der Waals surface area contributed by atoms with Gasteiger partial charge in [-0.15, -0.1) is 0 Å². The van der Waals surface area contributed by atoms with Crippen LogP contribution in [0.5, 0.6) is 0 Å². The molecule has 2 N–H and O–H groups in total. The Kier molecular flexibility index (Phi) is 4.35. The molecule has 3 aromatic heterocycles. The van der Waals surface area contributed by atoms with Crippen LogP contribution in [0, 0.1) is 0 Å². The number of nitrogens with zero attached hydrogens (tertiary/aromatic N) is 2. The molecule has 0 bridgehead atoms. The van der Waals surface area contributed by atoms with Gasteiger partial charge in [0.15, 0.2) is 10.8 Å². The molecule has 0 aliphatic rings. The Balaban J connectivity index is 1.58. The van der Waals surface area contributed by atoms with E-state index in [4.69, 9.17) is 16.0 Å². The van der Waals surface area contributed by atoms with E-state index in [-0.39, 0.29) is 17.7 Å². The van der Waals surface area contributed by atoms with Crippen molar-refractivity contribution < 1.29 is 9.21 Å². The Hall–Kier alpha value is -1.99. The predicted molar refractivity (Wildman–Crippen MR) is 84.9 cm³/mol. The van der Waals surface area contributed by atoms with E-state index in [0.717, 1.165) is 11.3 Å². The number of aromatic amines is 1. The third-order valence-electron chi connectivity index (χ3n) is 2.97. The van der Waals surface area contributed by atoms with Gasteiger partial charge in [0, 0.05) is 6.20 Å². The molecule has 0 aromatic carbocycles. The number of amides is 1. The number of aromatic nitrogens is 3. The summed E-state index contributed by atoms with van der Waals surface area (Å²) < 4.78 is 5.25. The van der Waals surface area contributed by atoms with Crippen LogP contribution >= 0.6 is 23.4 Å². The number of pyridine rings is 1. The number of rotatable bonds is 5. The summed E-state index contributed by atoms with van der Waals surface area (Å²) in [4.78, 5) is 23.4. The maximum atomic E-state index is 11.9. The Morgan fingerprint density at radius 3 is 3.23 bits per heavy atom. The Morgan fingerprint density at radius 1 is 1.59 bits per heavy atom. The van der Waals surface area contributed by atoms with Crippen molar-refractivity contribution in [2.24, 2.45) is 0 Å². The van der Waals surface area contributed by atoms with Crippen molar-refractivity contribution in [1.82, 2.24) is 20.3 Å². The SMILES string of the molecule is C[C@H](NC(=O)CSc1nc2ncc(Cl)cc2[nH]1)c1ccco1. The molecule has 8 heteroatoms. The number of carbonyl (C=O) groups is 1. The Labute approximate surface area is 135 Å². The van der Waals surface area contributed by atoms with Crippen LogP contribution in [0.1, 0.15) is 18.7 Å². The topological polar surface area (TPSA) is 83.8 Å². The van der Waals surface area contributed by atoms with Gasteiger partial charge in [-0.25, -0.2) is 9.97 Å². The fraction of sp³-hybridized carbons (Fsp3) is 0.214. The van der Waals surface area contributed by atoms with Crippen molar-refractivity contribution in [2.75, 3.05) is 5.75 Å². The minimum Gasteiger partial charge on any atom is -0.467 e. The molecule has 3 aromatic rings. The third-order valence-corrected chi connectivity index (χ3v) is 4.05. The summed E-state index contributed by atoms with van der Waals surface area (Å²) in [5.74, 6) is 0.875. The first-order valence-corrected chi connectivity index (χ1v) is 7.95. The van der Waals surface area contributed by atoms with E-state index < -0.39 is 0 Å². The normalized spacial score (nSPS) is 12.5. The molecule has 0 unspecified atom stereocenters. The first-order chi connectivity index (χ1) is 10.6. The van der Waals surface area contributed by atoms with E-state index in [1.807, 2.05) is 13.0 Å². The molecule has 1 atom stereocenters. The lowest BCUT2D eigenvalue weighted by molar-refractivity contribution is -0.119. The van der Waals surface area contributed by atoms with Crippen molar-refractivity contribution in [3.63, 3.8) is 0 Å². The van der Waals surface area contributed by atoms with Gasteiger partial charge in [0.2, 0.25) is 5.91 Å². The van der Waals surface area contributed by atoms with Gasteiger partial charge in [0.1, 0.15) is 5.76 Å². The van der Waals surface area contributed by atoms with E-state index in [0.29, 0.717) is 15.8 Å². The number of hydrogen-bond acceptors (Lipinski definition) is 5. The van der Waals surface area contributed by atoms with Gasteiger partial charge < -0.3 is 14.7 Å². The van der Waals surface area contributed by atoms with Crippen molar-refractivity contribution in [2.45, 2.75) is 18.1 Å². The molecule has 3 heterocycles. The lowest BCUT2D eigenvalue weighted by Gasteiger charge is -2.10. The van der Waals surface area contributed by atoms with E-state index in [1.165, 1.54) is 18.0 Å². The average Bonchev–Trinajstić information content (AvgIpc) is 3.13. The number of thioether (sulfide) groups is 1. The number of H-pyrrole nitrogens is 1. The van der Waals surface area contributed by atoms with Gasteiger partial charge in [0.25, 0.3) is 0 Å². The standard InChI is InChI=1S/C14H13ClN4O2S/c1-8(11-3-2-4-21-11)17-12(20)7-22-14-18-10-5-9(15)6-16-13(10)19-14/h2-6,8H,7H2,1H3,(H,17,20)(H,16,18,19)/t8-/m0/s1. The van der Waals surface area contributed by atoms with Gasteiger partial charge in [-0.1, -0.05) is 23.4 Å². The second kappa shape index (κ2) is 6.41.